The molecular formula is C13H13Cl3N2. The van der Waals surface area contributed by atoms with E-state index in [9.17, 15) is 0 Å². The van der Waals surface area contributed by atoms with Crippen LogP contribution in [0.4, 0.5) is 5.69 Å². The maximum Gasteiger partial charge on any atom is 0.0653 e. The molecule has 0 spiro atoms. The maximum absolute atomic E-state index is 6.09. The molecule has 1 aromatic heterocycles. The zero-order valence-electron chi connectivity index (χ0n) is 9.88. The van der Waals surface area contributed by atoms with Gasteiger partial charge in [0, 0.05) is 25.5 Å². The highest BCUT2D eigenvalue weighted by Crippen LogP contribution is 2.32. The van der Waals surface area contributed by atoms with Gasteiger partial charge in [0.1, 0.15) is 0 Å². The van der Waals surface area contributed by atoms with E-state index in [-0.39, 0.29) is 0 Å². The third kappa shape index (κ3) is 3.14. The van der Waals surface area contributed by atoms with Gasteiger partial charge in [0.05, 0.1) is 20.8 Å². The van der Waals surface area contributed by atoms with Crippen molar-refractivity contribution < 1.29 is 0 Å². The Morgan fingerprint density at radius 3 is 2.50 bits per heavy atom. The molecule has 0 aliphatic rings. The van der Waals surface area contributed by atoms with Gasteiger partial charge >= 0.3 is 0 Å². The molecule has 18 heavy (non-hydrogen) atoms. The van der Waals surface area contributed by atoms with E-state index in [1.54, 1.807) is 12.1 Å². The van der Waals surface area contributed by atoms with Gasteiger partial charge in [0.2, 0.25) is 0 Å². The van der Waals surface area contributed by atoms with Gasteiger partial charge in [-0.1, -0.05) is 34.8 Å². The molecule has 0 atom stereocenters. The fraction of sp³-hybridized carbons (Fsp3) is 0.231. The summed E-state index contributed by atoms with van der Waals surface area (Å²) in [6.07, 6.45) is 4.14. The van der Waals surface area contributed by atoms with Crippen LogP contribution in [0.25, 0.3) is 0 Å². The van der Waals surface area contributed by atoms with Gasteiger partial charge in [-0.25, -0.2) is 0 Å². The van der Waals surface area contributed by atoms with Crippen LogP contribution in [0.5, 0.6) is 0 Å². The van der Waals surface area contributed by atoms with Gasteiger partial charge in [-0.05, 0) is 30.7 Å². The Kier molecular flexibility index (Phi) is 4.44. The van der Waals surface area contributed by atoms with E-state index in [0.29, 0.717) is 21.6 Å². The second-order valence-electron chi connectivity index (χ2n) is 3.95. The topological polar surface area (TPSA) is 17.0 Å². The lowest BCUT2D eigenvalue weighted by atomic mass is 10.3. The van der Waals surface area contributed by atoms with Crippen LogP contribution in [0, 0.1) is 0 Å². The fourth-order valence-corrected chi connectivity index (χ4v) is 2.26. The first-order chi connectivity index (χ1) is 8.60. The Labute approximate surface area is 121 Å². The Morgan fingerprint density at radius 2 is 1.83 bits per heavy atom. The summed E-state index contributed by atoms with van der Waals surface area (Å²) in [4.78, 5) is 0. The zero-order valence-corrected chi connectivity index (χ0v) is 12.1. The SMILES string of the molecule is CCn1ccc(CNc2cc(Cl)c(Cl)cc2Cl)c1. The normalized spacial score (nSPS) is 10.7. The second kappa shape index (κ2) is 5.87. The van der Waals surface area contributed by atoms with Crippen LogP contribution < -0.4 is 5.32 Å². The summed E-state index contributed by atoms with van der Waals surface area (Å²) in [5.41, 5.74) is 1.98. The molecule has 0 bridgehead atoms. The van der Waals surface area contributed by atoms with Crippen molar-refractivity contribution in [3.8, 4) is 0 Å². The van der Waals surface area contributed by atoms with Gasteiger partial charge in [-0.3, -0.25) is 0 Å². The van der Waals surface area contributed by atoms with Crippen LogP contribution in [-0.4, -0.2) is 4.57 Å². The van der Waals surface area contributed by atoms with E-state index in [4.69, 9.17) is 34.8 Å². The lowest BCUT2D eigenvalue weighted by molar-refractivity contribution is 0.766. The van der Waals surface area contributed by atoms with Crippen molar-refractivity contribution in [2.24, 2.45) is 0 Å². The number of nitrogens with zero attached hydrogens (tertiary/aromatic N) is 1. The van der Waals surface area contributed by atoms with Crippen molar-refractivity contribution in [1.82, 2.24) is 4.57 Å². The summed E-state index contributed by atoms with van der Waals surface area (Å²) >= 11 is 17.9. The molecule has 1 aromatic carbocycles. The van der Waals surface area contributed by atoms with Crippen LogP contribution in [0.1, 0.15) is 12.5 Å². The number of benzene rings is 1. The highest BCUT2D eigenvalue weighted by molar-refractivity contribution is 6.44. The Bertz CT molecular complexity index is 549. The standard InChI is InChI=1S/C13H13Cl3N2/c1-2-18-4-3-9(8-18)7-17-13-6-11(15)10(14)5-12(13)16/h3-6,8,17H,2,7H2,1H3. The first kappa shape index (κ1) is 13.6. The minimum Gasteiger partial charge on any atom is -0.380 e. The smallest absolute Gasteiger partial charge is 0.0653 e. The third-order valence-corrected chi connectivity index (χ3v) is 3.70. The molecule has 0 aliphatic carbocycles. The molecule has 0 saturated heterocycles. The molecule has 0 amide bonds. The van der Waals surface area contributed by atoms with Crippen LogP contribution in [0.2, 0.25) is 15.1 Å². The number of rotatable bonds is 4. The summed E-state index contributed by atoms with van der Waals surface area (Å²) in [5, 5.41) is 4.77. The largest absolute Gasteiger partial charge is 0.380 e. The lowest BCUT2D eigenvalue weighted by Gasteiger charge is -2.09. The number of anilines is 1. The molecule has 5 heteroatoms. The highest BCUT2D eigenvalue weighted by Gasteiger charge is 2.06. The van der Waals surface area contributed by atoms with Crippen molar-refractivity contribution in [2.45, 2.75) is 20.0 Å². The Hall–Kier alpha value is -0.830. The number of nitrogens with one attached hydrogen (secondary N) is 1. The van der Waals surface area contributed by atoms with Gasteiger partial charge in [0.15, 0.2) is 0 Å². The Balaban J connectivity index is 2.08. The van der Waals surface area contributed by atoms with E-state index in [2.05, 4.69) is 29.1 Å². The molecule has 2 aromatic rings. The summed E-state index contributed by atoms with van der Waals surface area (Å²) in [7, 11) is 0. The molecule has 0 aliphatic heterocycles. The minimum absolute atomic E-state index is 0.462. The molecule has 2 nitrogen and oxygen atoms in total. The molecule has 0 radical (unpaired) electrons. The maximum atomic E-state index is 6.09. The summed E-state index contributed by atoms with van der Waals surface area (Å²) < 4.78 is 2.12. The van der Waals surface area contributed by atoms with Gasteiger partial charge in [0.25, 0.3) is 0 Å². The average molecular weight is 304 g/mol. The number of aromatic nitrogens is 1. The first-order valence-electron chi connectivity index (χ1n) is 5.63. The molecule has 2 rings (SSSR count). The zero-order chi connectivity index (χ0) is 13.1. The predicted octanol–water partition coefficient (Wildman–Crippen LogP) is 5.08. The van der Waals surface area contributed by atoms with Gasteiger partial charge in [-0.15, -0.1) is 0 Å². The van der Waals surface area contributed by atoms with Gasteiger partial charge in [-0.2, -0.15) is 0 Å². The average Bonchev–Trinajstić information content (AvgIpc) is 2.80. The van der Waals surface area contributed by atoms with Crippen molar-refractivity contribution in [2.75, 3.05) is 5.32 Å². The minimum atomic E-state index is 0.462. The molecule has 96 valence electrons. The van der Waals surface area contributed by atoms with Crippen molar-refractivity contribution in [3.05, 3.63) is 51.2 Å². The van der Waals surface area contributed by atoms with Gasteiger partial charge < -0.3 is 9.88 Å². The number of aryl methyl sites for hydroxylation is 1. The monoisotopic (exact) mass is 302 g/mol. The summed E-state index contributed by atoms with van der Waals surface area (Å²) in [6.45, 7) is 3.77. The van der Waals surface area contributed by atoms with Crippen molar-refractivity contribution in [3.63, 3.8) is 0 Å². The second-order valence-corrected chi connectivity index (χ2v) is 5.17. The van der Waals surface area contributed by atoms with E-state index >= 15 is 0 Å². The number of hydrogen-bond donors (Lipinski definition) is 1. The predicted molar refractivity (Wildman–Crippen MR) is 78.9 cm³/mol. The highest BCUT2D eigenvalue weighted by atomic mass is 35.5. The van der Waals surface area contributed by atoms with Crippen LogP contribution in [0.3, 0.4) is 0 Å². The van der Waals surface area contributed by atoms with Crippen molar-refractivity contribution >= 4 is 40.5 Å². The third-order valence-electron chi connectivity index (χ3n) is 2.67. The van der Waals surface area contributed by atoms with E-state index in [1.165, 1.54) is 5.56 Å². The molecule has 0 fully saturated rings. The van der Waals surface area contributed by atoms with E-state index < -0.39 is 0 Å². The molecule has 0 saturated carbocycles. The van der Waals surface area contributed by atoms with Crippen LogP contribution in [0.15, 0.2) is 30.6 Å². The molecule has 1 N–H and O–H groups in total. The van der Waals surface area contributed by atoms with Crippen molar-refractivity contribution in [1.29, 1.82) is 0 Å². The lowest BCUT2D eigenvalue weighted by Crippen LogP contribution is -1.99. The van der Waals surface area contributed by atoms with Crippen LogP contribution in [-0.2, 0) is 13.1 Å². The van der Waals surface area contributed by atoms with E-state index in [1.807, 2.05) is 6.20 Å². The number of hydrogen-bond acceptors (Lipinski definition) is 1. The first-order valence-corrected chi connectivity index (χ1v) is 6.76. The quantitative estimate of drug-likeness (QED) is 0.779. The summed E-state index contributed by atoms with van der Waals surface area (Å²) in [6, 6.07) is 5.45. The fourth-order valence-electron chi connectivity index (χ4n) is 1.65. The summed E-state index contributed by atoms with van der Waals surface area (Å²) in [5.74, 6) is 0. The van der Waals surface area contributed by atoms with Crippen LogP contribution >= 0.6 is 34.8 Å². The molecular weight excluding hydrogens is 291 g/mol. The molecule has 1 heterocycles. The van der Waals surface area contributed by atoms with E-state index in [0.717, 1.165) is 12.2 Å². The molecule has 0 unspecified atom stereocenters. The number of halogens is 3. The Morgan fingerprint density at radius 1 is 1.11 bits per heavy atom.